The third kappa shape index (κ3) is 6.01. The average molecular weight is 490 g/mol. The van der Waals surface area contributed by atoms with Gasteiger partial charge in [-0.3, -0.25) is 24.3 Å². The molecule has 1 aromatic rings. The summed E-state index contributed by atoms with van der Waals surface area (Å²) in [5.74, 6) is -0.891. The van der Waals surface area contributed by atoms with Crippen molar-refractivity contribution < 1.29 is 33.8 Å². The van der Waals surface area contributed by atoms with Crippen LogP contribution in [0.1, 0.15) is 25.8 Å². The first-order valence-corrected chi connectivity index (χ1v) is 11.8. The monoisotopic (exact) mass is 489 g/mol. The smallest absolute Gasteiger partial charge is 0.414 e. The van der Waals surface area contributed by atoms with Crippen molar-refractivity contribution in [1.29, 1.82) is 0 Å². The number of hydrogen-bond donors (Lipinski definition) is 2. The zero-order valence-electron chi connectivity index (χ0n) is 19.9. The Hall–Kier alpha value is -3.38. The summed E-state index contributed by atoms with van der Waals surface area (Å²) >= 11 is 0. The zero-order chi connectivity index (χ0) is 24.9. The lowest BCUT2D eigenvalue weighted by molar-refractivity contribution is -0.155. The molecule has 0 aromatic heterocycles. The van der Waals surface area contributed by atoms with Gasteiger partial charge in [-0.15, -0.1) is 0 Å². The molecule has 3 aliphatic rings. The molecule has 1 aromatic carbocycles. The fourth-order valence-electron chi connectivity index (χ4n) is 4.45. The Kier molecular flexibility index (Phi) is 7.71. The van der Waals surface area contributed by atoms with Crippen molar-refractivity contribution in [2.75, 3.05) is 50.8 Å². The Balaban J connectivity index is 1.28. The molecule has 2 saturated heterocycles. The summed E-state index contributed by atoms with van der Waals surface area (Å²) in [5, 5.41) is 16.3. The van der Waals surface area contributed by atoms with Gasteiger partial charge in [0.25, 0.3) is 0 Å². The van der Waals surface area contributed by atoms with E-state index in [1.54, 1.807) is 11.8 Å². The summed E-state index contributed by atoms with van der Waals surface area (Å²) in [6, 6.07) is 6.66. The summed E-state index contributed by atoms with van der Waals surface area (Å²) in [6.07, 6.45) is -1.14. The highest BCUT2D eigenvalue weighted by Gasteiger charge is 2.36. The van der Waals surface area contributed by atoms with Gasteiger partial charge in [-0.1, -0.05) is 5.16 Å². The Bertz CT molecular complexity index is 962. The number of piperazine rings is 1. The highest BCUT2D eigenvalue weighted by Crippen LogP contribution is 2.23. The molecule has 0 bridgehead atoms. The Morgan fingerprint density at radius 3 is 2.54 bits per heavy atom. The minimum Gasteiger partial charge on any atom is -0.481 e. The van der Waals surface area contributed by atoms with Gasteiger partial charge in [0.2, 0.25) is 0 Å². The molecule has 3 aliphatic heterocycles. The molecule has 190 valence electrons. The van der Waals surface area contributed by atoms with Gasteiger partial charge in [-0.05, 0) is 38.1 Å². The normalized spacial score (nSPS) is 23.8. The highest BCUT2D eigenvalue weighted by atomic mass is 16.7. The van der Waals surface area contributed by atoms with Gasteiger partial charge in [0.05, 0.1) is 19.6 Å². The van der Waals surface area contributed by atoms with Crippen LogP contribution >= 0.6 is 0 Å². The number of cyclic esters (lactones) is 1. The summed E-state index contributed by atoms with van der Waals surface area (Å²) in [5.41, 5.74) is 1.61. The number of oxime groups is 1. The Labute approximate surface area is 203 Å². The van der Waals surface area contributed by atoms with Crippen molar-refractivity contribution >= 4 is 29.6 Å². The van der Waals surface area contributed by atoms with Crippen LogP contribution < -0.4 is 10.2 Å². The number of rotatable bonds is 9. The number of amides is 1. The molecule has 2 N–H and O–H groups in total. The maximum Gasteiger partial charge on any atom is 0.414 e. The first kappa shape index (κ1) is 24.7. The van der Waals surface area contributed by atoms with E-state index < -0.39 is 24.1 Å². The molecular weight excluding hydrogens is 458 g/mol. The minimum atomic E-state index is -1.04. The number of esters is 1. The van der Waals surface area contributed by atoms with E-state index in [1.165, 1.54) is 0 Å². The van der Waals surface area contributed by atoms with E-state index in [0.717, 1.165) is 11.3 Å². The predicted molar refractivity (Wildman–Crippen MR) is 125 cm³/mol. The third-order valence-corrected chi connectivity index (χ3v) is 6.20. The molecule has 12 heteroatoms. The molecule has 35 heavy (non-hydrogen) atoms. The lowest BCUT2D eigenvalue weighted by Crippen LogP contribution is -2.54. The third-order valence-electron chi connectivity index (χ3n) is 6.20. The van der Waals surface area contributed by atoms with Crippen molar-refractivity contribution in [2.24, 2.45) is 5.16 Å². The number of amidine groups is 1. The number of benzene rings is 1. The van der Waals surface area contributed by atoms with Crippen LogP contribution in [0.15, 0.2) is 29.4 Å². The number of hydrogen-bond acceptors (Lipinski definition) is 10. The number of carbonyl (C=O) groups excluding carboxylic acids is 2. The van der Waals surface area contributed by atoms with Gasteiger partial charge in [-0.2, -0.15) is 0 Å². The fraction of sp³-hybridized carbons (Fsp3) is 0.565. The highest BCUT2D eigenvalue weighted by molar-refractivity contribution is 6.00. The second kappa shape index (κ2) is 10.9. The van der Waals surface area contributed by atoms with Crippen molar-refractivity contribution in [3.8, 4) is 0 Å². The summed E-state index contributed by atoms with van der Waals surface area (Å²) in [6.45, 7) is 7.09. The number of nitrogens with one attached hydrogen (secondary N) is 1. The van der Waals surface area contributed by atoms with E-state index in [2.05, 4.69) is 15.4 Å². The van der Waals surface area contributed by atoms with Crippen molar-refractivity contribution in [3.05, 3.63) is 29.8 Å². The molecule has 12 nitrogen and oxygen atoms in total. The first-order valence-electron chi connectivity index (χ1n) is 11.8. The lowest BCUT2D eigenvalue weighted by atomic mass is 10.1. The van der Waals surface area contributed by atoms with E-state index in [0.29, 0.717) is 45.1 Å². The number of ether oxygens (including phenoxy) is 2. The van der Waals surface area contributed by atoms with Crippen LogP contribution in [0.4, 0.5) is 10.5 Å². The van der Waals surface area contributed by atoms with E-state index in [4.69, 9.17) is 14.3 Å². The number of anilines is 1. The predicted octanol–water partition coefficient (Wildman–Crippen LogP) is 0.663. The summed E-state index contributed by atoms with van der Waals surface area (Å²) < 4.78 is 10.7. The van der Waals surface area contributed by atoms with Crippen LogP contribution in [0.5, 0.6) is 0 Å². The molecule has 3 atom stereocenters. The standard InChI is InChI=1S/C23H31N5O7/c1-3-33-22(31)19(12-20(29)30)27-10-8-26(9-11-27)13-18-14-28(23(32)34-18)17-6-4-16(5-7-17)21-24-15(2)35-25-21/h4-7,15,18-19H,3,8-14H2,1-2H3,(H,24,25)(H,29,30). The second-order valence-corrected chi connectivity index (χ2v) is 8.70. The molecule has 0 spiro atoms. The molecule has 3 unspecified atom stereocenters. The molecule has 3 heterocycles. The molecule has 0 saturated carbocycles. The number of nitrogens with zero attached hydrogens (tertiary/aromatic N) is 4. The van der Waals surface area contributed by atoms with Gasteiger partial charge >= 0.3 is 18.0 Å². The van der Waals surface area contributed by atoms with Crippen LogP contribution in [0.2, 0.25) is 0 Å². The largest absolute Gasteiger partial charge is 0.481 e. The minimum absolute atomic E-state index is 0.172. The van der Waals surface area contributed by atoms with Crippen LogP contribution in [0.3, 0.4) is 0 Å². The topological polar surface area (TPSA) is 133 Å². The maximum absolute atomic E-state index is 12.5. The van der Waals surface area contributed by atoms with Gasteiger partial charge in [0, 0.05) is 44.0 Å². The fourth-order valence-corrected chi connectivity index (χ4v) is 4.45. The average Bonchev–Trinajstić information content (AvgIpc) is 3.43. The van der Waals surface area contributed by atoms with Gasteiger partial charge in [0.1, 0.15) is 12.1 Å². The Morgan fingerprint density at radius 1 is 1.23 bits per heavy atom. The molecule has 0 radical (unpaired) electrons. The number of carbonyl (C=O) groups is 3. The van der Waals surface area contributed by atoms with Crippen LogP contribution in [0, 0.1) is 0 Å². The van der Waals surface area contributed by atoms with E-state index in [1.807, 2.05) is 36.1 Å². The molecule has 1 amide bonds. The van der Waals surface area contributed by atoms with Crippen molar-refractivity contribution in [1.82, 2.24) is 15.1 Å². The SMILES string of the molecule is CCOC(=O)C(CC(=O)O)N1CCN(CC2CN(c3ccc(C4=NOC(C)N4)cc3)C(=O)O2)CC1. The Morgan fingerprint density at radius 2 is 1.94 bits per heavy atom. The molecule has 4 rings (SSSR count). The first-order chi connectivity index (χ1) is 16.8. The zero-order valence-corrected chi connectivity index (χ0v) is 19.9. The summed E-state index contributed by atoms with van der Waals surface area (Å²) in [4.78, 5) is 46.7. The number of carboxylic acid groups (broad SMARTS) is 1. The van der Waals surface area contributed by atoms with Gasteiger partial charge in [-0.25, -0.2) is 4.79 Å². The second-order valence-electron chi connectivity index (χ2n) is 8.70. The van der Waals surface area contributed by atoms with Crippen molar-refractivity contribution in [3.63, 3.8) is 0 Å². The number of aliphatic carboxylic acids is 1. The molecule has 0 aliphatic carbocycles. The van der Waals surface area contributed by atoms with E-state index >= 15 is 0 Å². The molecular formula is C23H31N5O7. The molecule has 2 fully saturated rings. The summed E-state index contributed by atoms with van der Waals surface area (Å²) in [7, 11) is 0. The van der Waals surface area contributed by atoms with Crippen LogP contribution in [0.25, 0.3) is 0 Å². The van der Waals surface area contributed by atoms with Crippen LogP contribution in [-0.2, 0) is 23.9 Å². The van der Waals surface area contributed by atoms with Gasteiger partial charge in [0.15, 0.2) is 12.1 Å². The maximum atomic E-state index is 12.5. The van der Waals surface area contributed by atoms with Crippen LogP contribution in [-0.4, -0.2) is 103 Å². The number of carboxylic acids is 1. The quantitative estimate of drug-likeness (QED) is 0.477. The lowest BCUT2D eigenvalue weighted by Gasteiger charge is -2.38. The van der Waals surface area contributed by atoms with Gasteiger partial charge < -0.3 is 24.7 Å². The van der Waals surface area contributed by atoms with E-state index in [9.17, 15) is 19.5 Å². The van der Waals surface area contributed by atoms with E-state index in [-0.39, 0.29) is 25.4 Å². The van der Waals surface area contributed by atoms with Crippen molar-refractivity contribution in [2.45, 2.75) is 38.6 Å².